The molecule has 0 aromatic carbocycles. The molecule has 0 bridgehead atoms. The number of anilines is 1. The molecule has 82 valence electrons. The lowest BCUT2D eigenvalue weighted by Crippen LogP contribution is -2.16. The molecule has 0 radical (unpaired) electrons. The molecule has 3 nitrogen and oxygen atoms in total. The molecule has 1 aromatic heterocycles. The van der Waals surface area contributed by atoms with Crippen LogP contribution in [0.15, 0.2) is 18.3 Å². The van der Waals surface area contributed by atoms with E-state index in [2.05, 4.69) is 11.1 Å². The molecule has 2 N–H and O–H groups in total. The Morgan fingerprint density at radius 2 is 2.20 bits per heavy atom. The number of pyridine rings is 1. The number of aromatic nitrogens is 1. The zero-order valence-corrected chi connectivity index (χ0v) is 8.98. The maximum absolute atomic E-state index is 5.80. The molecule has 1 aliphatic heterocycles. The normalized spacial score (nSPS) is 17.9. The summed E-state index contributed by atoms with van der Waals surface area (Å²) >= 11 is 0. The molecule has 0 atom stereocenters. The van der Waals surface area contributed by atoms with Gasteiger partial charge in [0.1, 0.15) is 5.82 Å². The van der Waals surface area contributed by atoms with Gasteiger partial charge in [0.15, 0.2) is 0 Å². The topological polar surface area (TPSA) is 48.1 Å². The van der Waals surface area contributed by atoms with Gasteiger partial charge in [-0.15, -0.1) is 0 Å². The fraction of sp³-hybridized carbons (Fsp3) is 0.583. The second-order valence-electron chi connectivity index (χ2n) is 4.14. The molecule has 0 aliphatic carbocycles. The van der Waals surface area contributed by atoms with Gasteiger partial charge < -0.3 is 10.5 Å². The number of nitrogens with two attached hydrogens (primary N) is 1. The maximum Gasteiger partial charge on any atom is 0.126 e. The smallest absolute Gasteiger partial charge is 0.126 e. The fourth-order valence-corrected chi connectivity index (χ4v) is 2.06. The first-order valence-corrected chi connectivity index (χ1v) is 5.63. The highest BCUT2D eigenvalue weighted by atomic mass is 16.5. The average Bonchev–Trinajstić information content (AvgIpc) is 2.29. The monoisotopic (exact) mass is 206 g/mol. The molecule has 2 rings (SSSR count). The van der Waals surface area contributed by atoms with E-state index >= 15 is 0 Å². The van der Waals surface area contributed by atoms with Gasteiger partial charge in [-0.05, 0) is 43.2 Å². The van der Waals surface area contributed by atoms with Crippen molar-refractivity contribution in [1.29, 1.82) is 0 Å². The third-order valence-corrected chi connectivity index (χ3v) is 3.09. The van der Waals surface area contributed by atoms with E-state index < -0.39 is 0 Å². The van der Waals surface area contributed by atoms with E-state index in [0.29, 0.717) is 5.82 Å². The predicted octanol–water partition coefficient (Wildman–Crippen LogP) is 2.02. The number of nitrogens with zero attached hydrogens (tertiary/aromatic N) is 1. The lowest BCUT2D eigenvalue weighted by atomic mass is 9.93. The number of aryl methyl sites for hydroxylation is 1. The van der Waals surface area contributed by atoms with Crippen molar-refractivity contribution in [3.63, 3.8) is 0 Å². The molecule has 2 heterocycles. The first-order valence-electron chi connectivity index (χ1n) is 5.63. The summed E-state index contributed by atoms with van der Waals surface area (Å²) < 4.78 is 5.34. The van der Waals surface area contributed by atoms with Gasteiger partial charge in [0.05, 0.1) is 0 Å². The summed E-state index contributed by atoms with van der Waals surface area (Å²) in [5.74, 6) is 1.49. The molecule has 0 unspecified atom stereocenters. The van der Waals surface area contributed by atoms with E-state index in [1.165, 1.54) is 24.8 Å². The Balaban J connectivity index is 1.84. The van der Waals surface area contributed by atoms with Crippen LogP contribution in [0.25, 0.3) is 0 Å². The summed E-state index contributed by atoms with van der Waals surface area (Å²) in [5.41, 5.74) is 6.98. The van der Waals surface area contributed by atoms with Crippen LogP contribution >= 0.6 is 0 Å². The largest absolute Gasteiger partial charge is 0.383 e. The SMILES string of the molecule is Nc1ncccc1CCC1CCOCC1. The average molecular weight is 206 g/mol. The summed E-state index contributed by atoms with van der Waals surface area (Å²) in [6, 6.07) is 4.03. The molecule has 15 heavy (non-hydrogen) atoms. The number of nitrogen functional groups attached to an aromatic ring is 1. The Labute approximate surface area is 90.7 Å². The van der Waals surface area contributed by atoms with Crippen LogP contribution in [-0.2, 0) is 11.2 Å². The van der Waals surface area contributed by atoms with E-state index in [0.717, 1.165) is 25.6 Å². The third kappa shape index (κ3) is 2.93. The first-order chi connectivity index (χ1) is 7.36. The molecule has 0 saturated carbocycles. The Morgan fingerprint density at radius 1 is 1.40 bits per heavy atom. The summed E-state index contributed by atoms with van der Waals surface area (Å²) in [6.07, 6.45) is 6.39. The summed E-state index contributed by atoms with van der Waals surface area (Å²) in [5, 5.41) is 0. The molecule has 0 spiro atoms. The second-order valence-corrected chi connectivity index (χ2v) is 4.14. The lowest BCUT2D eigenvalue weighted by molar-refractivity contribution is 0.0640. The van der Waals surface area contributed by atoms with Crippen molar-refractivity contribution in [1.82, 2.24) is 4.98 Å². The van der Waals surface area contributed by atoms with Gasteiger partial charge in [-0.3, -0.25) is 0 Å². The Kier molecular flexibility index (Phi) is 3.56. The van der Waals surface area contributed by atoms with Gasteiger partial charge in [-0.2, -0.15) is 0 Å². The van der Waals surface area contributed by atoms with Gasteiger partial charge in [-0.25, -0.2) is 4.98 Å². The fourth-order valence-electron chi connectivity index (χ4n) is 2.06. The van der Waals surface area contributed by atoms with Crippen LogP contribution in [-0.4, -0.2) is 18.2 Å². The predicted molar refractivity (Wildman–Crippen MR) is 60.5 cm³/mol. The van der Waals surface area contributed by atoms with Crippen LogP contribution in [0.4, 0.5) is 5.82 Å². The molecule has 3 heteroatoms. The van der Waals surface area contributed by atoms with Crippen LogP contribution in [0.2, 0.25) is 0 Å². The molecular weight excluding hydrogens is 188 g/mol. The highest BCUT2D eigenvalue weighted by Crippen LogP contribution is 2.21. The number of hydrogen-bond acceptors (Lipinski definition) is 3. The minimum Gasteiger partial charge on any atom is -0.383 e. The summed E-state index contributed by atoms with van der Waals surface area (Å²) in [6.45, 7) is 1.85. The second kappa shape index (κ2) is 5.12. The van der Waals surface area contributed by atoms with Gasteiger partial charge in [-0.1, -0.05) is 6.07 Å². The van der Waals surface area contributed by atoms with Crippen LogP contribution in [0.3, 0.4) is 0 Å². The lowest BCUT2D eigenvalue weighted by Gasteiger charge is -2.21. The quantitative estimate of drug-likeness (QED) is 0.823. The van der Waals surface area contributed by atoms with Crippen molar-refractivity contribution in [2.45, 2.75) is 25.7 Å². The molecular formula is C12H18N2O. The van der Waals surface area contributed by atoms with Crippen molar-refractivity contribution in [2.75, 3.05) is 18.9 Å². The third-order valence-electron chi connectivity index (χ3n) is 3.09. The zero-order valence-electron chi connectivity index (χ0n) is 8.98. The number of hydrogen-bond donors (Lipinski definition) is 1. The minimum absolute atomic E-state index is 0.685. The van der Waals surface area contributed by atoms with E-state index in [9.17, 15) is 0 Å². The van der Waals surface area contributed by atoms with Crippen molar-refractivity contribution in [3.8, 4) is 0 Å². The molecule has 1 saturated heterocycles. The molecule has 0 amide bonds. The molecule has 1 fully saturated rings. The zero-order chi connectivity index (χ0) is 10.5. The highest BCUT2D eigenvalue weighted by Gasteiger charge is 2.13. The van der Waals surface area contributed by atoms with E-state index in [1.54, 1.807) is 6.20 Å². The van der Waals surface area contributed by atoms with Crippen molar-refractivity contribution < 1.29 is 4.74 Å². The Morgan fingerprint density at radius 3 is 2.93 bits per heavy atom. The highest BCUT2D eigenvalue weighted by molar-refractivity contribution is 5.38. The number of ether oxygens (including phenoxy) is 1. The van der Waals surface area contributed by atoms with Crippen molar-refractivity contribution in [3.05, 3.63) is 23.9 Å². The Hall–Kier alpha value is -1.09. The Bertz CT molecular complexity index is 308. The summed E-state index contributed by atoms with van der Waals surface area (Å²) in [7, 11) is 0. The van der Waals surface area contributed by atoms with Crippen LogP contribution < -0.4 is 5.73 Å². The van der Waals surface area contributed by atoms with Crippen molar-refractivity contribution in [2.24, 2.45) is 5.92 Å². The van der Waals surface area contributed by atoms with E-state index in [4.69, 9.17) is 10.5 Å². The van der Waals surface area contributed by atoms with Crippen molar-refractivity contribution >= 4 is 5.82 Å². The standard InChI is InChI=1S/C12H18N2O/c13-12-11(2-1-7-14-12)4-3-10-5-8-15-9-6-10/h1-2,7,10H,3-6,8-9H2,(H2,13,14). The van der Waals surface area contributed by atoms with Gasteiger partial charge in [0, 0.05) is 19.4 Å². The molecule has 1 aliphatic rings. The maximum atomic E-state index is 5.80. The van der Waals surface area contributed by atoms with Crippen LogP contribution in [0.1, 0.15) is 24.8 Å². The van der Waals surface area contributed by atoms with E-state index in [1.807, 2.05) is 6.07 Å². The van der Waals surface area contributed by atoms with E-state index in [-0.39, 0.29) is 0 Å². The van der Waals surface area contributed by atoms with Crippen LogP contribution in [0, 0.1) is 5.92 Å². The van der Waals surface area contributed by atoms with Crippen LogP contribution in [0.5, 0.6) is 0 Å². The summed E-state index contributed by atoms with van der Waals surface area (Å²) in [4.78, 5) is 4.10. The van der Waals surface area contributed by atoms with Gasteiger partial charge >= 0.3 is 0 Å². The van der Waals surface area contributed by atoms with Gasteiger partial charge in [0.25, 0.3) is 0 Å². The molecule has 1 aromatic rings. The minimum atomic E-state index is 0.685. The first kappa shape index (κ1) is 10.4. The van der Waals surface area contributed by atoms with Gasteiger partial charge in [0.2, 0.25) is 0 Å². The number of rotatable bonds is 3.